The molecule has 1 unspecified atom stereocenters. The van der Waals surface area contributed by atoms with Crippen LogP contribution in [0.3, 0.4) is 0 Å². The standard InChI is InChI=1S/C26H25N5O4.ClH/c1-17-23(14-28-35-17)24(32)22(13-27)26(34)29-20-9-7-19(8-10-20)25(33)30-21-11-12-31(16-21)15-18-5-3-2-4-6-18;/h2-10,14,21,32H,11-12,15-16H2,1H3,(H,29,34)(H,30,33);1H. The number of aliphatic hydroxyl groups excluding tert-OH is 1. The van der Waals surface area contributed by atoms with E-state index in [1.165, 1.54) is 11.8 Å². The summed E-state index contributed by atoms with van der Waals surface area (Å²) in [5, 5.41) is 28.8. The van der Waals surface area contributed by atoms with E-state index < -0.39 is 17.2 Å². The number of aryl methyl sites for hydroxylation is 1. The predicted octanol–water partition coefficient (Wildman–Crippen LogP) is 3.84. The molecule has 36 heavy (non-hydrogen) atoms. The number of benzene rings is 2. The summed E-state index contributed by atoms with van der Waals surface area (Å²) in [5.41, 5.74) is 1.78. The number of anilines is 1. The molecule has 10 heteroatoms. The Morgan fingerprint density at radius 1 is 1.19 bits per heavy atom. The molecule has 0 radical (unpaired) electrons. The number of hydrogen-bond acceptors (Lipinski definition) is 7. The number of aliphatic hydroxyl groups is 1. The van der Waals surface area contributed by atoms with Crippen LogP contribution in [0.2, 0.25) is 0 Å². The van der Waals surface area contributed by atoms with E-state index in [0.717, 1.165) is 26.1 Å². The summed E-state index contributed by atoms with van der Waals surface area (Å²) in [5.74, 6) is -1.21. The summed E-state index contributed by atoms with van der Waals surface area (Å²) in [6.07, 6.45) is 2.11. The highest BCUT2D eigenvalue weighted by molar-refractivity contribution is 6.11. The van der Waals surface area contributed by atoms with Crippen molar-refractivity contribution in [3.05, 3.63) is 88.8 Å². The second kappa shape index (κ2) is 12.0. The number of amides is 2. The van der Waals surface area contributed by atoms with Crippen LogP contribution in [0, 0.1) is 18.3 Å². The summed E-state index contributed by atoms with van der Waals surface area (Å²) >= 11 is 0. The van der Waals surface area contributed by atoms with Crippen molar-refractivity contribution < 1.29 is 19.2 Å². The molecule has 0 saturated carbocycles. The lowest BCUT2D eigenvalue weighted by Crippen LogP contribution is -2.37. The molecule has 3 N–H and O–H groups in total. The number of nitrogens with one attached hydrogen (secondary N) is 2. The average molecular weight is 508 g/mol. The van der Waals surface area contributed by atoms with Crippen LogP contribution in [0.4, 0.5) is 5.69 Å². The van der Waals surface area contributed by atoms with E-state index in [2.05, 4.69) is 32.8 Å². The summed E-state index contributed by atoms with van der Waals surface area (Å²) in [4.78, 5) is 27.5. The van der Waals surface area contributed by atoms with Crippen molar-refractivity contribution in [2.45, 2.75) is 25.9 Å². The molecule has 2 amide bonds. The molecule has 2 aromatic carbocycles. The van der Waals surface area contributed by atoms with Crippen molar-refractivity contribution >= 4 is 35.7 Å². The van der Waals surface area contributed by atoms with Crippen molar-refractivity contribution in [1.29, 1.82) is 5.26 Å². The molecule has 186 valence electrons. The Morgan fingerprint density at radius 3 is 2.56 bits per heavy atom. The van der Waals surface area contributed by atoms with Gasteiger partial charge in [-0.05, 0) is 43.2 Å². The van der Waals surface area contributed by atoms with E-state index in [1.54, 1.807) is 37.3 Å². The van der Waals surface area contributed by atoms with Gasteiger partial charge in [0.1, 0.15) is 11.8 Å². The van der Waals surface area contributed by atoms with Crippen LogP contribution in [0.5, 0.6) is 0 Å². The topological polar surface area (TPSA) is 131 Å². The molecular formula is C26H26ClN5O4. The highest BCUT2D eigenvalue weighted by Crippen LogP contribution is 2.21. The molecule has 9 nitrogen and oxygen atoms in total. The maximum absolute atomic E-state index is 12.7. The Kier molecular flexibility index (Phi) is 8.84. The Balaban J connectivity index is 0.00000361. The molecule has 1 aliphatic rings. The van der Waals surface area contributed by atoms with Crippen molar-refractivity contribution in [3.8, 4) is 6.07 Å². The fraction of sp³-hybridized carbons (Fsp3) is 0.231. The van der Waals surface area contributed by atoms with E-state index in [9.17, 15) is 20.0 Å². The SMILES string of the molecule is Cc1oncc1C(O)=C(C#N)C(=O)Nc1ccc(C(=O)NC2CCN(Cc3ccccc3)C2)cc1.Cl. The van der Waals surface area contributed by atoms with Crippen LogP contribution >= 0.6 is 12.4 Å². The number of carbonyl (C=O) groups excluding carboxylic acids is 2. The highest BCUT2D eigenvalue weighted by Gasteiger charge is 2.24. The zero-order valence-corrected chi connectivity index (χ0v) is 20.4. The molecule has 0 bridgehead atoms. The van der Waals surface area contributed by atoms with Gasteiger partial charge in [0.25, 0.3) is 11.8 Å². The summed E-state index contributed by atoms with van der Waals surface area (Å²) in [7, 11) is 0. The number of nitrogens with zero attached hydrogens (tertiary/aromatic N) is 3. The number of rotatable bonds is 7. The molecular weight excluding hydrogens is 482 g/mol. The Bertz CT molecular complexity index is 1280. The van der Waals surface area contributed by atoms with E-state index in [4.69, 9.17) is 4.52 Å². The number of likely N-dealkylation sites (tertiary alicyclic amines) is 1. The van der Waals surface area contributed by atoms with Gasteiger partial charge in [-0.25, -0.2) is 0 Å². The molecule has 1 aliphatic heterocycles. The van der Waals surface area contributed by atoms with Crippen LogP contribution < -0.4 is 10.6 Å². The van der Waals surface area contributed by atoms with E-state index in [0.29, 0.717) is 11.3 Å². The first-order valence-corrected chi connectivity index (χ1v) is 11.2. The van der Waals surface area contributed by atoms with Crippen LogP contribution in [0.15, 0.2) is 70.9 Å². The summed E-state index contributed by atoms with van der Waals surface area (Å²) < 4.78 is 4.87. The molecule has 1 atom stereocenters. The van der Waals surface area contributed by atoms with Gasteiger partial charge in [0.2, 0.25) is 0 Å². The third kappa shape index (κ3) is 6.30. The number of hydrogen-bond donors (Lipinski definition) is 3. The molecule has 2 heterocycles. The van der Waals surface area contributed by atoms with Gasteiger partial charge >= 0.3 is 0 Å². The van der Waals surface area contributed by atoms with Crippen molar-refractivity contribution in [2.75, 3.05) is 18.4 Å². The number of halogens is 1. The predicted molar refractivity (Wildman–Crippen MR) is 136 cm³/mol. The lowest BCUT2D eigenvalue weighted by molar-refractivity contribution is -0.112. The van der Waals surface area contributed by atoms with Gasteiger partial charge in [0.15, 0.2) is 11.3 Å². The smallest absolute Gasteiger partial charge is 0.270 e. The lowest BCUT2D eigenvalue weighted by Gasteiger charge is -2.17. The van der Waals surface area contributed by atoms with E-state index >= 15 is 0 Å². The fourth-order valence-corrected chi connectivity index (χ4v) is 3.97. The van der Waals surface area contributed by atoms with Crippen LogP contribution in [0.1, 0.15) is 33.7 Å². The van der Waals surface area contributed by atoms with Crippen LogP contribution in [0.25, 0.3) is 5.76 Å². The first-order valence-electron chi connectivity index (χ1n) is 11.2. The van der Waals surface area contributed by atoms with Crippen LogP contribution in [-0.2, 0) is 11.3 Å². The molecule has 0 spiro atoms. The minimum absolute atomic E-state index is 0. The first kappa shape index (κ1) is 26.5. The Morgan fingerprint density at radius 2 is 1.92 bits per heavy atom. The van der Waals surface area contributed by atoms with Gasteiger partial charge in [0.05, 0.1) is 11.8 Å². The number of carbonyl (C=O) groups is 2. The van der Waals surface area contributed by atoms with Crippen LogP contribution in [-0.4, -0.2) is 46.1 Å². The average Bonchev–Trinajstić information content (AvgIpc) is 3.49. The highest BCUT2D eigenvalue weighted by atomic mass is 35.5. The quantitative estimate of drug-likeness (QED) is 0.251. The van der Waals surface area contributed by atoms with Gasteiger partial charge in [-0.2, -0.15) is 5.26 Å². The molecule has 0 aliphatic carbocycles. The van der Waals surface area contributed by atoms with Crippen molar-refractivity contribution in [1.82, 2.24) is 15.4 Å². The van der Waals surface area contributed by atoms with Gasteiger partial charge < -0.3 is 20.3 Å². The maximum atomic E-state index is 12.7. The molecule has 4 rings (SSSR count). The summed E-state index contributed by atoms with van der Waals surface area (Å²) in [6.45, 7) is 4.11. The molecule has 1 aromatic heterocycles. The second-order valence-corrected chi connectivity index (χ2v) is 8.34. The molecule has 3 aromatic rings. The minimum Gasteiger partial charge on any atom is -0.506 e. The van der Waals surface area contributed by atoms with E-state index in [-0.39, 0.29) is 35.7 Å². The second-order valence-electron chi connectivity index (χ2n) is 8.34. The van der Waals surface area contributed by atoms with Gasteiger partial charge in [-0.3, -0.25) is 14.5 Å². The van der Waals surface area contributed by atoms with Gasteiger partial charge in [-0.1, -0.05) is 35.5 Å². The summed E-state index contributed by atoms with van der Waals surface area (Å²) in [6, 6.07) is 18.3. The van der Waals surface area contributed by atoms with Crippen molar-refractivity contribution in [2.24, 2.45) is 0 Å². The normalized spacial score (nSPS) is 15.8. The lowest BCUT2D eigenvalue weighted by atomic mass is 10.1. The zero-order chi connectivity index (χ0) is 24.8. The monoisotopic (exact) mass is 507 g/mol. The van der Waals surface area contributed by atoms with Gasteiger partial charge in [-0.15, -0.1) is 12.4 Å². The third-order valence-electron chi connectivity index (χ3n) is 5.84. The number of nitriles is 1. The third-order valence-corrected chi connectivity index (χ3v) is 5.84. The number of aromatic nitrogens is 1. The maximum Gasteiger partial charge on any atom is 0.270 e. The molecule has 1 saturated heterocycles. The largest absolute Gasteiger partial charge is 0.506 e. The Labute approximate surface area is 214 Å². The zero-order valence-electron chi connectivity index (χ0n) is 19.6. The van der Waals surface area contributed by atoms with Crippen molar-refractivity contribution in [3.63, 3.8) is 0 Å². The first-order chi connectivity index (χ1) is 16.9. The fourth-order valence-electron chi connectivity index (χ4n) is 3.97. The van der Waals surface area contributed by atoms with E-state index in [1.807, 2.05) is 18.2 Å². The molecule has 1 fully saturated rings. The van der Waals surface area contributed by atoms with Gasteiger partial charge in [0, 0.05) is 36.9 Å². The Hall–Kier alpha value is -4.13. The minimum atomic E-state index is -0.785.